The third kappa shape index (κ3) is 5.21. The number of hydrogen-bond acceptors (Lipinski definition) is 2. The summed E-state index contributed by atoms with van der Waals surface area (Å²) in [5.74, 6) is 0.379. The van der Waals surface area contributed by atoms with E-state index in [1.807, 2.05) is 6.92 Å². The van der Waals surface area contributed by atoms with Crippen molar-refractivity contribution in [1.82, 2.24) is 0 Å². The summed E-state index contributed by atoms with van der Waals surface area (Å²) in [6, 6.07) is 0. The average molecular weight is 128 g/mol. The molecule has 52 valence electrons. The predicted molar refractivity (Wildman–Crippen MR) is 35.1 cm³/mol. The highest BCUT2D eigenvalue weighted by molar-refractivity contribution is 5.76. The molecule has 1 atom stereocenters. The molecule has 9 heavy (non-hydrogen) atoms. The van der Waals surface area contributed by atoms with E-state index < -0.39 is 0 Å². The quantitative estimate of drug-likeness (QED) is 0.533. The molecular formula is C7H12O2. The Morgan fingerprint density at radius 3 is 2.56 bits per heavy atom. The van der Waals surface area contributed by atoms with E-state index in [2.05, 4.69) is 0 Å². The van der Waals surface area contributed by atoms with Crippen LogP contribution in [-0.4, -0.2) is 12.1 Å². The second-order valence-corrected chi connectivity index (χ2v) is 2.41. The molecule has 0 amide bonds. The molecule has 0 heterocycles. The van der Waals surface area contributed by atoms with Crippen molar-refractivity contribution in [2.24, 2.45) is 5.92 Å². The zero-order valence-electron chi connectivity index (χ0n) is 5.89. The molecular weight excluding hydrogens is 116 g/mol. The molecule has 0 aliphatic rings. The standard InChI is InChI=1S/C7H12O2/c1-6(3-4-8)5-7(2)9/h4,6H,3,5H2,1-2H3. The monoisotopic (exact) mass is 128 g/mol. The van der Waals surface area contributed by atoms with Gasteiger partial charge < -0.3 is 9.59 Å². The molecule has 0 N–H and O–H groups in total. The molecule has 0 aliphatic heterocycles. The summed E-state index contributed by atoms with van der Waals surface area (Å²) < 4.78 is 0. The fourth-order valence-corrected chi connectivity index (χ4v) is 0.738. The highest BCUT2D eigenvalue weighted by Gasteiger charge is 2.02. The fourth-order valence-electron chi connectivity index (χ4n) is 0.738. The van der Waals surface area contributed by atoms with Crippen molar-refractivity contribution in [2.45, 2.75) is 26.7 Å². The van der Waals surface area contributed by atoms with Gasteiger partial charge in [-0.1, -0.05) is 6.92 Å². The molecule has 0 spiro atoms. The van der Waals surface area contributed by atoms with Crippen LogP contribution in [0.4, 0.5) is 0 Å². The smallest absolute Gasteiger partial charge is 0.130 e. The molecule has 2 nitrogen and oxygen atoms in total. The van der Waals surface area contributed by atoms with Crippen LogP contribution in [0, 0.1) is 5.92 Å². The van der Waals surface area contributed by atoms with Gasteiger partial charge in [0.15, 0.2) is 0 Å². The van der Waals surface area contributed by atoms with Gasteiger partial charge in [0, 0.05) is 12.8 Å². The first-order chi connectivity index (χ1) is 4.16. The highest BCUT2D eigenvalue weighted by atomic mass is 16.1. The maximum Gasteiger partial charge on any atom is 0.130 e. The third-order valence-electron chi connectivity index (χ3n) is 1.13. The number of Topliss-reactive ketones (excluding diaryl/α,β-unsaturated/α-hetero) is 1. The summed E-state index contributed by atoms with van der Waals surface area (Å²) in [4.78, 5) is 20.3. The van der Waals surface area contributed by atoms with Crippen LogP contribution >= 0.6 is 0 Å². The molecule has 0 radical (unpaired) electrons. The summed E-state index contributed by atoms with van der Waals surface area (Å²) in [6.07, 6.45) is 1.88. The minimum Gasteiger partial charge on any atom is -0.303 e. The number of carbonyl (C=O) groups is 2. The lowest BCUT2D eigenvalue weighted by atomic mass is 10.0. The second kappa shape index (κ2) is 4.24. The van der Waals surface area contributed by atoms with E-state index in [1.54, 1.807) is 6.92 Å². The molecule has 0 bridgehead atoms. The van der Waals surface area contributed by atoms with Crippen LogP contribution in [0.2, 0.25) is 0 Å². The van der Waals surface area contributed by atoms with E-state index in [-0.39, 0.29) is 11.7 Å². The van der Waals surface area contributed by atoms with Crippen molar-refractivity contribution in [2.75, 3.05) is 0 Å². The Bertz CT molecular complexity index is 107. The molecule has 0 aliphatic carbocycles. The largest absolute Gasteiger partial charge is 0.303 e. The van der Waals surface area contributed by atoms with Crippen LogP contribution in [0.3, 0.4) is 0 Å². The Kier molecular flexibility index (Phi) is 3.93. The lowest BCUT2D eigenvalue weighted by Crippen LogP contribution is -2.01. The van der Waals surface area contributed by atoms with Crippen LogP contribution in [0.1, 0.15) is 26.7 Å². The van der Waals surface area contributed by atoms with Gasteiger partial charge in [0.1, 0.15) is 12.1 Å². The predicted octanol–water partition coefficient (Wildman–Crippen LogP) is 1.19. The minimum atomic E-state index is 0.157. The van der Waals surface area contributed by atoms with E-state index in [9.17, 15) is 9.59 Å². The van der Waals surface area contributed by atoms with Gasteiger partial charge >= 0.3 is 0 Å². The normalized spacial score (nSPS) is 12.7. The molecule has 0 aromatic heterocycles. The number of hydrogen-bond donors (Lipinski definition) is 0. The van der Waals surface area contributed by atoms with Gasteiger partial charge in [-0.2, -0.15) is 0 Å². The molecule has 2 heteroatoms. The Morgan fingerprint density at radius 2 is 2.22 bits per heavy atom. The first kappa shape index (κ1) is 8.34. The van der Waals surface area contributed by atoms with Gasteiger partial charge in [-0.15, -0.1) is 0 Å². The van der Waals surface area contributed by atoms with Crippen LogP contribution in [0.25, 0.3) is 0 Å². The van der Waals surface area contributed by atoms with Gasteiger partial charge in [0.05, 0.1) is 0 Å². The van der Waals surface area contributed by atoms with Crippen molar-refractivity contribution in [1.29, 1.82) is 0 Å². The molecule has 0 saturated carbocycles. The van der Waals surface area contributed by atoms with E-state index in [0.717, 1.165) is 6.29 Å². The first-order valence-corrected chi connectivity index (χ1v) is 3.10. The summed E-state index contributed by atoms with van der Waals surface area (Å²) in [5, 5.41) is 0. The van der Waals surface area contributed by atoms with Crippen molar-refractivity contribution < 1.29 is 9.59 Å². The Balaban J connectivity index is 3.37. The molecule has 0 rings (SSSR count). The maximum atomic E-state index is 10.4. The van der Waals surface area contributed by atoms with E-state index in [0.29, 0.717) is 12.8 Å². The van der Waals surface area contributed by atoms with Crippen LogP contribution < -0.4 is 0 Å². The summed E-state index contributed by atoms with van der Waals surface area (Å²) >= 11 is 0. The molecule has 0 aromatic rings. The van der Waals surface area contributed by atoms with Gasteiger partial charge in [-0.3, -0.25) is 0 Å². The molecule has 0 aromatic carbocycles. The SMILES string of the molecule is CC(=O)CC(C)CC=O. The van der Waals surface area contributed by atoms with E-state index >= 15 is 0 Å². The van der Waals surface area contributed by atoms with Crippen LogP contribution in [0.5, 0.6) is 0 Å². The minimum absolute atomic E-state index is 0.157. The fraction of sp³-hybridized carbons (Fsp3) is 0.714. The Morgan fingerprint density at radius 1 is 1.67 bits per heavy atom. The Labute approximate surface area is 55.3 Å². The number of rotatable bonds is 4. The zero-order valence-corrected chi connectivity index (χ0v) is 5.89. The van der Waals surface area contributed by atoms with Crippen LogP contribution in [0.15, 0.2) is 0 Å². The number of aldehydes is 1. The maximum absolute atomic E-state index is 10.4. The summed E-state index contributed by atoms with van der Waals surface area (Å²) in [5.41, 5.74) is 0. The highest BCUT2D eigenvalue weighted by Crippen LogP contribution is 2.04. The third-order valence-corrected chi connectivity index (χ3v) is 1.13. The van der Waals surface area contributed by atoms with Crippen molar-refractivity contribution in [3.63, 3.8) is 0 Å². The average Bonchev–Trinajstić information content (AvgIpc) is 1.63. The lowest BCUT2D eigenvalue weighted by molar-refractivity contribution is -0.118. The summed E-state index contributed by atoms with van der Waals surface area (Å²) in [6.45, 7) is 3.44. The Hall–Kier alpha value is -0.660. The first-order valence-electron chi connectivity index (χ1n) is 3.10. The van der Waals surface area contributed by atoms with Crippen molar-refractivity contribution >= 4 is 12.1 Å². The van der Waals surface area contributed by atoms with Gasteiger partial charge in [-0.25, -0.2) is 0 Å². The topological polar surface area (TPSA) is 34.1 Å². The second-order valence-electron chi connectivity index (χ2n) is 2.41. The lowest BCUT2D eigenvalue weighted by Gasteiger charge is -2.01. The van der Waals surface area contributed by atoms with Gasteiger partial charge in [0.25, 0.3) is 0 Å². The van der Waals surface area contributed by atoms with Crippen LogP contribution in [-0.2, 0) is 9.59 Å². The van der Waals surface area contributed by atoms with E-state index in [4.69, 9.17) is 0 Å². The summed E-state index contributed by atoms with van der Waals surface area (Å²) in [7, 11) is 0. The molecule has 0 saturated heterocycles. The van der Waals surface area contributed by atoms with Gasteiger partial charge in [-0.05, 0) is 12.8 Å². The van der Waals surface area contributed by atoms with Crippen molar-refractivity contribution in [3.8, 4) is 0 Å². The van der Waals surface area contributed by atoms with E-state index in [1.165, 1.54) is 0 Å². The van der Waals surface area contributed by atoms with Crippen molar-refractivity contribution in [3.05, 3.63) is 0 Å². The molecule has 1 unspecified atom stereocenters. The van der Waals surface area contributed by atoms with Gasteiger partial charge in [0.2, 0.25) is 0 Å². The number of carbonyl (C=O) groups excluding carboxylic acids is 2. The zero-order chi connectivity index (χ0) is 7.28. The number of ketones is 1. The molecule has 0 fully saturated rings.